The summed E-state index contributed by atoms with van der Waals surface area (Å²) in [4.78, 5) is 70.6. The molecule has 6 N–H and O–H groups in total. The van der Waals surface area contributed by atoms with Crippen LogP contribution in [0.3, 0.4) is 0 Å². The summed E-state index contributed by atoms with van der Waals surface area (Å²) in [5.74, 6) is -0.756. The summed E-state index contributed by atoms with van der Waals surface area (Å²) in [6.45, 7) is 6.12. The third kappa shape index (κ3) is 13.0. The van der Waals surface area contributed by atoms with Crippen LogP contribution in [0, 0.1) is 11.8 Å². The Morgan fingerprint density at radius 3 is 2.23 bits per heavy atom. The quantitative estimate of drug-likeness (QED) is 0.194. The second-order valence-corrected chi connectivity index (χ2v) is 15.0. The molecule has 6 rings (SSSR count). The lowest BCUT2D eigenvalue weighted by atomic mass is 10.0. The smallest absolute Gasteiger partial charge is 0.245 e. The molecule has 0 saturated heterocycles. The maximum Gasteiger partial charge on any atom is 0.245 e. The molecule has 2 heterocycles. The Hall–Kier alpha value is -5.14. The van der Waals surface area contributed by atoms with Crippen LogP contribution in [-0.2, 0) is 36.8 Å². The highest BCUT2D eigenvalue weighted by Gasteiger charge is 2.34. The first kappa shape index (κ1) is 43.6. The zero-order valence-electron chi connectivity index (χ0n) is 32.5. The van der Waals surface area contributed by atoms with Crippen molar-refractivity contribution in [3.63, 3.8) is 0 Å². The van der Waals surface area contributed by atoms with Crippen molar-refractivity contribution in [2.24, 2.45) is 17.6 Å². The number of carbonyl (C=O) groups is 5. The lowest BCUT2D eigenvalue weighted by molar-refractivity contribution is -0.140. The van der Waals surface area contributed by atoms with E-state index >= 15 is 0 Å². The fourth-order valence-electron chi connectivity index (χ4n) is 6.59. The number of carbonyl (C=O) groups excluding carboxylic acids is 5. The van der Waals surface area contributed by atoms with Crippen molar-refractivity contribution < 1.29 is 33.4 Å². The average Bonchev–Trinajstić information content (AvgIpc) is 4.00. The fourth-order valence-corrected chi connectivity index (χ4v) is 6.59. The topological polar surface area (TPSA) is 181 Å². The van der Waals surface area contributed by atoms with Gasteiger partial charge in [-0.2, -0.15) is 0 Å². The number of fused-ring (bicyclic) bond motifs is 17. The van der Waals surface area contributed by atoms with Crippen LogP contribution in [0.2, 0.25) is 0 Å². The van der Waals surface area contributed by atoms with E-state index in [0.29, 0.717) is 35.6 Å². The minimum atomic E-state index is -1.14. The number of halogens is 1. The standard InChI is InChI=1S/C42H54N6O7.ClH/c1-26(2)20-32-25-55-34-18-14-29(15-19-34)22-36(47-41(52)38(43)31-8-6-5-7-9-31)40(51)46-35(21-28-12-16-33(54-4)17-13-28)39(50)44-27(3)42(53)48(23-30-10-11-30)24-37(49)45-32;/h5-9,12-19,26-27,30,32,35-36,38H,10-11,20-25,43H2,1-4H3,(H,44,50)(H,45,49)(H,46,51)(H,47,52);1H/t27-,32+,35+,36+,38+;/m1./s1. The predicted octanol–water partition coefficient (Wildman–Crippen LogP) is 3.24. The van der Waals surface area contributed by atoms with Gasteiger partial charge in [-0.15, -0.1) is 12.4 Å². The summed E-state index contributed by atoms with van der Waals surface area (Å²) in [6, 6.07) is 18.4. The van der Waals surface area contributed by atoms with Crippen molar-refractivity contribution in [2.45, 2.75) is 83.1 Å². The van der Waals surface area contributed by atoms with Crippen molar-refractivity contribution >= 4 is 41.9 Å². The Bertz CT molecular complexity index is 1770. The Morgan fingerprint density at radius 1 is 0.929 bits per heavy atom. The molecule has 0 aromatic heterocycles. The summed E-state index contributed by atoms with van der Waals surface area (Å²) < 4.78 is 11.4. The molecule has 3 aromatic carbocycles. The highest BCUT2D eigenvalue weighted by molar-refractivity contribution is 5.95. The minimum Gasteiger partial charge on any atom is -0.497 e. The van der Waals surface area contributed by atoms with Gasteiger partial charge in [0.1, 0.15) is 42.3 Å². The normalized spacial score (nSPS) is 21.8. The van der Waals surface area contributed by atoms with E-state index in [2.05, 4.69) is 35.1 Å². The first-order valence-corrected chi connectivity index (χ1v) is 19.0. The van der Waals surface area contributed by atoms with Crippen LogP contribution in [0.15, 0.2) is 78.9 Å². The molecule has 2 bridgehead atoms. The molecule has 1 fully saturated rings. The third-order valence-electron chi connectivity index (χ3n) is 9.79. The summed E-state index contributed by atoms with van der Waals surface area (Å²) >= 11 is 0. The first-order chi connectivity index (χ1) is 26.4. The van der Waals surface area contributed by atoms with Crippen LogP contribution in [-0.4, -0.2) is 85.4 Å². The van der Waals surface area contributed by atoms with Gasteiger partial charge in [0.05, 0.1) is 19.7 Å². The van der Waals surface area contributed by atoms with Gasteiger partial charge >= 0.3 is 0 Å². The summed E-state index contributed by atoms with van der Waals surface area (Å²) in [5.41, 5.74) is 8.35. The SMILES string of the molecule is COc1ccc(C[C@@H]2NC(=O)[C@@H](NC(=O)[C@@H](N)c3ccccc3)Cc3ccc(cc3)OC[C@H](CC(C)C)NC(=O)CN(CC3CC3)C(=O)[C@@H](C)NC2=O)cc1.Cl. The predicted molar refractivity (Wildman–Crippen MR) is 215 cm³/mol. The fraction of sp³-hybridized carbons (Fsp3) is 0.452. The number of amides is 5. The van der Waals surface area contributed by atoms with Gasteiger partial charge in [-0.25, -0.2) is 0 Å². The summed E-state index contributed by atoms with van der Waals surface area (Å²) in [5, 5.41) is 11.5. The number of hydrogen-bond acceptors (Lipinski definition) is 8. The monoisotopic (exact) mass is 790 g/mol. The van der Waals surface area contributed by atoms with Crippen molar-refractivity contribution in [1.29, 1.82) is 0 Å². The molecule has 56 heavy (non-hydrogen) atoms. The molecule has 3 aliphatic rings. The van der Waals surface area contributed by atoms with Crippen molar-refractivity contribution in [3.05, 3.63) is 95.6 Å². The molecule has 302 valence electrons. The maximum absolute atomic E-state index is 14.2. The molecule has 2 aliphatic heterocycles. The van der Waals surface area contributed by atoms with Gasteiger partial charge in [0.2, 0.25) is 29.5 Å². The summed E-state index contributed by atoms with van der Waals surface area (Å²) in [6.07, 6.45) is 2.72. The Labute approximate surface area is 335 Å². The largest absolute Gasteiger partial charge is 0.497 e. The second-order valence-electron chi connectivity index (χ2n) is 15.0. The molecule has 13 nitrogen and oxygen atoms in total. The number of benzene rings is 3. The third-order valence-corrected chi connectivity index (χ3v) is 9.79. The number of ether oxygens (including phenoxy) is 2. The Morgan fingerprint density at radius 2 is 1.61 bits per heavy atom. The zero-order valence-corrected chi connectivity index (χ0v) is 33.3. The van der Waals surface area contributed by atoms with Gasteiger partial charge in [0.15, 0.2) is 0 Å². The minimum absolute atomic E-state index is 0. The van der Waals surface area contributed by atoms with E-state index in [-0.39, 0.29) is 62.2 Å². The van der Waals surface area contributed by atoms with Gasteiger partial charge < -0.3 is 41.4 Å². The molecule has 5 amide bonds. The number of methoxy groups -OCH3 is 1. The van der Waals surface area contributed by atoms with Crippen molar-refractivity contribution in [1.82, 2.24) is 26.2 Å². The van der Waals surface area contributed by atoms with Crippen LogP contribution in [0.1, 0.15) is 62.8 Å². The van der Waals surface area contributed by atoms with E-state index in [1.165, 1.54) is 4.90 Å². The molecule has 0 unspecified atom stereocenters. The average molecular weight is 791 g/mol. The Kier molecular flexibility index (Phi) is 16.1. The molecule has 1 aliphatic carbocycles. The van der Waals surface area contributed by atoms with Gasteiger partial charge in [0.25, 0.3) is 0 Å². The Balaban J connectivity index is 0.00000696. The van der Waals surface area contributed by atoms with Crippen molar-refractivity contribution in [2.75, 3.05) is 26.8 Å². The van der Waals surface area contributed by atoms with E-state index in [9.17, 15) is 24.0 Å². The number of hydrogen-bond donors (Lipinski definition) is 5. The molecule has 5 atom stereocenters. The molecule has 3 aromatic rings. The van der Waals surface area contributed by atoms with E-state index < -0.39 is 47.8 Å². The zero-order chi connectivity index (χ0) is 39.5. The number of rotatable bonds is 10. The first-order valence-electron chi connectivity index (χ1n) is 19.0. The molecule has 0 radical (unpaired) electrons. The molecule has 1 saturated carbocycles. The lowest BCUT2D eigenvalue weighted by Gasteiger charge is -2.29. The van der Waals surface area contributed by atoms with Crippen LogP contribution in [0.4, 0.5) is 0 Å². The van der Waals surface area contributed by atoms with Crippen molar-refractivity contribution in [3.8, 4) is 11.5 Å². The van der Waals surface area contributed by atoms with E-state index in [4.69, 9.17) is 15.2 Å². The van der Waals surface area contributed by atoms with Crippen LogP contribution < -0.4 is 36.5 Å². The summed E-state index contributed by atoms with van der Waals surface area (Å²) in [7, 11) is 1.55. The van der Waals surface area contributed by atoms with Gasteiger partial charge in [-0.05, 0) is 79.0 Å². The highest BCUT2D eigenvalue weighted by Crippen LogP contribution is 2.30. The molecule has 14 heteroatoms. The van der Waals surface area contributed by atoms with E-state index in [1.807, 2.05) is 6.07 Å². The lowest BCUT2D eigenvalue weighted by Crippen LogP contribution is -2.58. The van der Waals surface area contributed by atoms with Gasteiger partial charge in [-0.3, -0.25) is 24.0 Å². The second kappa shape index (κ2) is 20.7. The number of nitrogens with one attached hydrogen (secondary N) is 4. The van der Waals surface area contributed by atoms with E-state index in [1.54, 1.807) is 86.8 Å². The number of nitrogens with two attached hydrogens (primary N) is 1. The van der Waals surface area contributed by atoms with Gasteiger partial charge in [0, 0.05) is 19.4 Å². The van der Waals surface area contributed by atoms with Gasteiger partial charge in [-0.1, -0.05) is 68.4 Å². The van der Waals surface area contributed by atoms with Crippen LogP contribution in [0.25, 0.3) is 0 Å². The molecular weight excluding hydrogens is 736 g/mol. The molecule has 0 spiro atoms. The highest BCUT2D eigenvalue weighted by atomic mass is 35.5. The van der Waals surface area contributed by atoms with E-state index in [0.717, 1.165) is 18.4 Å². The van der Waals surface area contributed by atoms with Crippen LogP contribution in [0.5, 0.6) is 11.5 Å². The molecular formula is C42H55ClN6O7. The van der Waals surface area contributed by atoms with Crippen LogP contribution >= 0.6 is 12.4 Å². The maximum atomic E-state index is 14.2. The number of nitrogens with zero attached hydrogens (tertiary/aromatic N) is 1.